The molecule has 106 valence electrons. The van der Waals surface area contributed by atoms with Crippen LogP contribution in [-0.2, 0) is 11.3 Å². The minimum absolute atomic E-state index is 0. The number of pyridine rings is 1. The Bertz CT molecular complexity index is 455. The van der Waals surface area contributed by atoms with Crippen LogP contribution in [0.2, 0.25) is 0 Å². The predicted octanol–water partition coefficient (Wildman–Crippen LogP) is 1.70. The summed E-state index contributed by atoms with van der Waals surface area (Å²) < 4.78 is 0. The van der Waals surface area contributed by atoms with Crippen LogP contribution < -0.4 is 5.32 Å². The largest absolute Gasteiger partial charge is 0.334 e. The van der Waals surface area contributed by atoms with E-state index in [1.54, 1.807) is 6.20 Å². The summed E-state index contributed by atoms with van der Waals surface area (Å²) in [5, 5.41) is 3.40. The first-order chi connectivity index (χ1) is 8.25. The van der Waals surface area contributed by atoms with Gasteiger partial charge in [0, 0.05) is 37.4 Å². The monoisotopic (exact) mass is 303 g/mol. The highest BCUT2D eigenvalue weighted by Crippen LogP contribution is 2.28. The molecule has 0 unspecified atom stereocenters. The topological polar surface area (TPSA) is 45.2 Å². The molecule has 1 aromatic rings. The van der Waals surface area contributed by atoms with Gasteiger partial charge in [0.25, 0.3) is 0 Å². The molecular weight excluding hydrogens is 285 g/mol. The zero-order chi connectivity index (χ0) is 11.8. The number of amides is 1. The summed E-state index contributed by atoms with van der Waals surface area (Å²) in [7, 11) is 0. The highest BCUT2D eigenvalue weighted by Gasteiger charge is 2.42. The number of hydrogen-bond donors (Lipinski definition) is 1. The molecular formula is C13H19Cl2N3O. The maximum atomic E-state index is 12.0. The van der Waals surface area contributed by atoms with Crippen molar-refractivity contribution in [3.8, 4) is 0 Å². The fourth-order valence-electron chi connectivity index (χ4n) is 2.89. The summed E-state index contributed by atoms with van der Waals surface area (Å²) in [6.45, 7) is 3.82. The van der Waals surface area contributed by atoms with Gasteiger partial charge in [0.15, 0.2) is 0 Å². The highest BCUT2D eigenvalue weighted by atomic mass is 35.5. The number of carbonyl (C=O) groups excluding carboxylic acids is 1. The summed E-state index contributed by atoms with van der Waals surface area (Å²) in [6.07, 6.45) is 5.41. The Morgan fingerprint density at radius 3 is 3.00 bits per heavy atom. The van der Waals surface area contributed by atoms with E-state index in [1.807, 2.05) is 24.1 Å². The molecule has 2 fully saturated rings. The first-order valence-corrected chi connectivity index (χ1v) is 6.18. The van der Waals surface area contributed by atoms with Gasteiger partial charge in [-0.25, -0.2) is 0 Å². The molecule has 1 amide bonds. The van der Waals surface area contributed by atoms with Gasteiger partial charge in [0.1, 0.15) is 0 Å². The average Bonchev–Trinajstić information content (AvgIpc) is 2.85. The molecule has 3 heterocycles. The molecule has 1 aromatic heterocycles. The minimum atomic E-state index is 0. The van der Waals surface area contributed by atoms with Crippen LogP contribution >= 0.6 is 24.8 Å². The molecule has 2 aliphatic rings. The Kier molecular flexibility index (Phi) is 5.59. The second-order valence-electron chi connectivity index (χ2n) is 4.94. The van der Waals surface area contributed by atoms with Crippen molar-refractivity contribution in [1.82, 2.24) is 15.2 Å². The van der Waals surface area contributed by atoms with Crippen molar-refractivity contribution in [3.63, 3.8) is 0 Å². The van der Waals surface area contributed by atoms with Crippen molar-refractivity contribution < 1.29 is 4.79 Å². The van der Waals surface area contributed by atoms with E-state index in [4.69, 9.17) is 0 Å². The second kappa shape index (κ2) is 6.55. The molecule has 0 aromatic carbocycles. The van der Waals surface area contributed by atoms with Crippen molar-refractivity contribution in [2.45, 2.75) is 38.4 Å². The number of likely N-dealkylation sites (tertiary alicyclic amines) is 1. The number of carbonyl (C=O) groups is 1. The van der Waals surface area contributed by atoms with Crippen LogP contribution in [0.1, 0.15) is 24.0 Å². The van der Waals surface area contributed by atoms with Crippen LogP contribution in [0, 0.1) is 6.92 Å². The molecule has 0 radical (unpaired) electrons. The Hall–Kier alpha value is -0.840. The Morgan fingerprint density at radius 1 is 1.47 bits per heavy atom. The molecule has 0 saturated carbocycles. The number of aromatic nitrogens is 1. The molecule has 0 spiro atoms. The molecule has 3 rings (SSSR count). The molecule has 2 aliphatic heterocycles. The van der Waals surface area contributed by atoms with Crippen LogP contribution in [0.25, 0.3) is 0 Å². The van der Waals surface area contributed by atoms with Crippen molar-refractivity contribution in [3.05, 3.63) is 29.6 Å². The molecule has 4 nitrogen and oxygen atoms in total. The van der Waals surface area contributed by atoms with E-state index >= 15 is 0 Å². The molecule has 0 bridgehead atoms. The van der Waals surface area contributed by atoms with E-state index in [0.717, 1.165) is 25.1 Å². The Morgan fingerprint density at radius 2 is 2.26 bits per heavy atom. The predicted molar refractivity (Wildman–Crippen MR) is 78.8 cm³/mol. The lowest BCUT2D eigenvalue weighted by molar-refractivity contribution is -0.129. The highest BCUT2D eigenvalue weighted by molar-refractivity contribution is 5.85. The molecule has 0 aliphatic carbocycles. The molecule has 19 heavy (non-hydrogen) atoms. The Labute approximate surface area is 125 Å². The number of aryl methyl sites for hydroxylation is 1. The lowest BCUT2D eigenvalue weighted by atomic mass is 10.1. The van der Waals surface area contributed by atoms with Gasteiger partial charge in [-0.1, -0.05) is 0 Å². The van der Waals surface area contributed by atoms with Crippen LogP contribution in [0.3, 0.4) is 0 Å². The molecule has 6 heteroatoms. The van der Waals surface area contributed by atoms with Gasteiger partial charge in [-0.2, -0.15) is 0 Å². The summed E-state index contributed by atoms with van der Waals surface area (Å²) in [6, 6.07) is 2.79. The molecule has 2 saturated heterocycles. The number of nitrogens with one attached hydrogen (secondary N) is 1. The first kappa shape index (κ1) is 16.2. The third-order valence-electron chi connectivity index (χ3n) is 3.90. The average molecular weight is 304 g/mol. The zero-order valence-corrected chi connectivity index (χ0v) is 12.5. The zero-order valence-electron chi connectivity index (χ0n) is 10.8. The third kappa shape index (κ3) is 3.02. The maximum absolute atomic E-state index is 12.0. The SMILES string of the molecule is Cc1cnccc1CN1C(=O)C[C@H]2NCC[C@H]21.Cl.Cl. The third-order valence-corrected chi connectivity index (χ3v) is 3.90. The number of halogens is 2. The van der Waals surface area contributed by atoms with Gasteiger partial charge in [-0.15, -0.1) is 24.8 Å². The standard InChI is InChI=1S/C13H17N3O.2ClH/c1-9-7-14-4-2-10(9)8-16-12-3-5-15-11(12)6-13(16)17;;/h2,4,7,11-12,15H,3,5-6,8H2,1H3;2*1H/t11-,12-;;/m1../s1. The van der Waals surface area contributed by atoms with Crippen LogP contribution in [0.5, 0.6) is 0 Å². The molecule has 1 N–H and O–H groups in total. The van der Waals surface area contributed by atoms with Crippen molar-refractivity contribution >= 4 is 30.7 Å². The summed E-state index contributed by atoms with van der Waals surface area (Å²) >= 11 is 0. The number of hydrogen-bond acceptors (Lipinski definition) is 3. The van der Waals surface area contributed by atoms with E-state index < -0.39 is 0 Å². The molecule has 2 atom stereocenters. The lowest BCUT2D eigenvalue weighted by Gasteiger charge is -2.24. The quantitative estimate of drug-likeness (QED) is 0.904. The first-order valence-electron chi connectivity index (χ1n) is 6.18. The number of fused-ring (bicyclic) bond motifs is 1. The van der Waals surface area contributed by atoms with Gasteiger partial charge in [0.05, 0.1) is 0 Å². The van der Waals surface area contributed by atoms with E-state index in [9.17, 15) is 4.79 Å². The number of rotatable bonds is 2. The van der Waals surface area contributed by atoms with E-state index in [2.05, 4.69) is 10.3 Å². The van der Waals surface area contributed by atoms with E-state index in [1.165, 1.54) is 5.56 Å². The van der Waals surface area contributed by atoms with Crippen LogP contribution in [0.4, 0.5) is 0 Å². The van der Waals surface area contributed by atoms with Gasteiger partial charge in [-0.3, -0.25) is 9.78 Å². The number of nitrogens with zero attached hydrogens (tertiary/aromatic N) is 2. The second-order valence-corrected chi connectivity index (χ2v) is 4.94. The van der Waals surface area contributed by atoms with Gasteiger partial charge >= 0.3 is 0 Å². The fraction of sp³-hybridized carbons (Fsp3) is 0.538. The minimum Gasteiger partial charge on any atom is -0.334 e. The lowest BCUT2D eigenvalue weighted by Crippen LogP contribution is -2.35. The van der Waals surface area contributed by atoms with Crippen molar-refractivity contribution in [2.24, 2.45) is 0 Å². The van der Waals surface area contributed by atoms with Crippen molar-refractivity contribution in [1.29, 1.82) is 0 Å². The smallest absolute Gasteiger partial charge is 0.224 e. The summed E-state index contributed by atoms with van der Waals surface area (Å²) in [4.78, 5) is 18.1. The summed E-state index contributed by atoms with van der Waals surface area (Å²) in [5.74, 6) is 0.281. The van der Waals surface area contributed by atoms with Crippen molar-refractivity contribution in [2.75, 3.05) is 6.54 Å². The van der Waals surface area contributed by atoms with Gasteiger partial charge < -0.3 is 10.2 Å². The fourth-order valence-corrected chi connectivity index (χ4v) is 2.89. The maximum Gasteiger partial charge on any atom is 0.224 e. The van der Waals surface area contributed by atoms with Gasteiger partial charge in [-0.05, 0) is 37.1 Å². The van der Waals surface area contributed by atoms with E-state index in [0.29, 0.717) is 18.5 Å². The van der Waals surface area contributed by atoms with Gasteiger partial charge in [0.2, 0.25) is 5.91 Å². The summed E-state index contributed by atoms with van der Waals surface area (Å²) in [5.41, 5.74) is 2.37. The van der Waals surface area contributed by atoms with Crippen LogP contribution in [-0.4, -0.2) is 34.4 Å². The van der Waals surface area contributed by atoms with E-state index in [-0.39, 0.29) is 30.7 Å². The Balaban J connectivity index is 0.000000902. The van der Waals surface area contributed by atoms with Crippen LogP contribution in [0.15, 0.2) is 18.5 Å². The normalized spacial score (nSPS) is 24.7.